The van der Waals surface area contributed by atoms with E-state index < -0.39 is 11.8 Å². The number of likely N-dealkylation sites (tertiary alicyclic amines) is 1. The van der Waals surface area contributed by atoms with Gasteiger partial charge in [0, 0.05) is 31.7 Å². The maximum atomic E-state index is 14.7. The lowest BCUT2D eigenvalue weighted by Gasteiger charge is -2.16. The van der Waals surface area contributed by atoms with Gasteiger partial charge in [-0.3, -0.25) is 9.36 Å². The largest absolute Gasteiger partial charge is 0.336 e. The Hall–Kier alpha value is -3.81. The van der Waals surface area contributed by atoms with Crippen LogP contribution < -0.4 is 5.32 Å². The molecule has 1 amide bonds. The number of hydrogen-bond donors (Lipinski definition) is 1. The summed E-state index contributed by atoms with van der Waals surface area (Å²) in [6.07, 6.45) is 0.820. The van der Waals surface area contributed by atoms with E-state index in [1.54, 1.807) is 34.6 Å². The van der Waals surface area contributed by atoms with Crippen molar-refractivity contribution in [3.63, 3.8) is 0 Å². The van der Waals surface area contributed by atoms with Crippen LogP contribution in [0.2, 0.25) is 5.02 Å². The van der Waals surface area contributed by atoms with Gasteiger partial charge in [-0.15, -0.1) is 0 Å². The zero-order valence-electron chi connectivity index (χ0n) is 19.8. The number of aromatic nitrogens is 4. The molecule has 2 aromatic heterocycles. The van der Waals surface area contributed by atoms with E-state index in [4.69, 9.17) is 18.2 Å². The predicted octanol–water partition coefficient (Wildman–Crippen LogP) is 4.65. The van der Waals surface area contributed by atoms with Crippen molar-refractivity contribution < 1.29 is 13.6 Å². The second-order valence-electron chi connectivity index (χ2n) is 8.74. The number of benzene rings is 2. The molecule has 0 unspecified atom stereocenters. The maximum Gasteiger partial charge on any atom is 0.274 e. The van der Waals surface area contributed by atoms with Gasteiger partial charge in [-0.1, -0.05) is 23.7 Å². The van der Waals surface area contributed by atoms with E-state index >= 15 is 0 Å². The molecule has 1 saturated heterocycles. The normalized spacial score (nSPS) is 15.6. The van der Waals surface area contributed by atoms with Gasteiger partial charge in [0.2, 0.25) is 11.6 Å². The first-order chi connectivity index (χ1) is 17.2. The summed E-state index contributed by atoms with van der Waals surface area (Å²) in [6.45, 7) is 9.97. The van der Waals surface area contributed by atoms with Crippen molar-refractivity contribution in [1.82, 2.24) is 29.5 Å². The summed E-state index contributed by atoms with van der Waals surface area (Å²) in [5, 5.41) is 7.82. The first kappa shape index (κ1) is 23.9. The van der Waals surface area contributed by atoms with Gasteiger partial charge in [-0.25, -0.2) is 18.9 Å². The summed E-state index contributed by atoms with van der Waals surface area (Å²) in [5.74, 6) is -1.26. The lowest BCUT2D eigenvalue weighted by atomic mass is 10.1. The van der Waals surface area contributed by atoms with Crippen LogP contribution in [-0.2, 0) is 7.05 Å². The van der Waals surface area contributed by atoms with Crippen LogP contribution in [-0.4, -0.2) is 56.3 Å². The van der Waals surface area contributed by atoms with Gasteiger partial charge in [0.1, 0.15) is 17.3 Å². The lowest BCUT2D eigenvalue weighted by molar-refractivity contribution is 0.0783. The molecule has 2 aromatic carbocycles. The molecule has 8 nitrogen and oxygen atoms in total. The number of carbonyl (C=O) groups excluding carboxylic acids is 1. The molecule has 1 atom stereocenters. The Morgan fingerprint density at radius 2 is 2.06 bits per heavy atom. The number of halogens is 3. The van der Waals surface area contributed by atoms with Gasteiger partial charge < -0.3 is 10.2 Å². The van der Waals surface area contributed by atoms with Crippen LogP contribution in [0.5, 0.6) is 0 Å². The fourth-order valence-electron chi connectivity index (χ4n) is 4.61. The van der Waals surface area contributed by atoms with Gasteiger partial charge in [0.05, 0.1) is 33.9 Å². The van der Waals surface area contributed by atoms with Crippen LogP contribution in [0.25, 0.3) is 32.8 Å². The van der Waals surface area contributed by atoms with Gasteiger partial charge >= 0.3 is 0 Å². The number of likely N-dealkylation sites (N-methyl/N-ethyl adjacent to an activating group) is 1. The molecule has 0 aliphatic carbocycles. The highest BCUT2D eigenvalue weighted by atomic mass is 35.5. The number of rotatable bonds is 4. The van der Waals surface area contributed by atoms with E-state index in [1.165, 1.54) is 19.2 Å². The molecular weight excluding hydrogens is 488 g/mol. The fraction of sp³-hybridized carbons (Fsp3) is 0.280. The minimum atomic E-state index is -0.709. The molecule has 1 aliphatic heterocycles. The van der Waals surface area contributed by atoms with Crippen LogP contribution in [0.3, 0.4) is 0 Å². The molecule has 0 spiro atoms. The number of aryl methyl sites for hydroxylation is 1. The molecule has 11 heteroatoms. The summed E-state index contributed by atoms with van der Waals surface area (Å²) in [6, 6.07) is 7.40. The first-order valence-electron chi connectivity index (χ1n) is 11.3. The molecule has 0 radical (unpaired) electrons. The van der Waals surface area contributed by atoms with Crippen molar-refractivity contribution in [2.24, 2.45) is 7.05 Å². The third-order valence-electron chi connectivity index (χ3n) is 6.59. The SMILES string of the molecule is [C-]#[N+]c1ccc(-c2nc(C(=O)N3CC[C@H](NC)C3)c(C)n2-c2cc3c(F)n(C)nc3cc2Cl)cc1F. The average Bonchev–Trinajstić information content (AvgIpc) is 3.55. The Morgan fingerprint density at radius 1 is 1.28 bits per heavy atom. The van der Waals surface area contributed by atoms with E-state index in [9.17, 15) is 13.6 Å². The van der Waals surface area contributed by atoms with E-state index in [2.05, 4.69) is 20.2 Å². The van der Waals surface area contributed by atoms with Crippen LogP contribution >= 0.6 is 11.6 Å². The first-order valence-corrected chi connectivity index (χ1v) is 11.7. The van der Waals surface area contributed by atoms with E-state index in [-0.39, 0.29) is 39.6 Å². The number of imidazole rings is 1. The quantitative estimate of drug-likeness (QED) is 0.406. The average molecular weight is 510 g/mol. The highest BCUT2D eigenvalue weighted by Gasteiger charge is 2.31. The molecule has 4 aromatic rings. The van der Waals surface area contributed by atoms with Crippen molar-refractivity contribution in [2.45, 2.75) is 19.4 Å². The van der Waals surface area contributed by atoms with E-state index in [1.807, 2.05) is 7.05 Å². The molecule has 0 saturated carbocycles. The number of hydrogen-bond acceptors (Lipinski definition) is 4. The molecule has 1 N–H and O–H groups in total. The lowest BCUT2D eigenvalue weighted by Crippen LogP contribution is -2.34. The third kappa shape index (κ3) is 3.81. The Morgan fingerprint density at radius 3 is 2.72 bits per heavy atom. The topological polar surface area (TPSA) is 72.3 Å². The number of amides is 1. The van der Waals surface area contributed by atoms with Gasteiger partial charge in [0.15, 0.2) is 0 Å². The monoisotopic (exact) mass is 509 g/mol. The molecule has 1 fully saturated rings. The van der Waals surface area contributed by atoms with Crippen LogP contribution in [0.15, 0.2) is 30.3 Å². The zero-order chi connectivity index (χ0) is 25.7. The standard InChI is InChI=1S/C25H22ClF2N7O/c1-13-22(25(36)34-8-7-15(12-34)29-2)31-24(14-5-6-19(30-3)18(27)9-14)35(13)21-10-16-20(11-17(21)26)32-33(4)23(16)28/h5-6,9-11,15,29H,7-8,12H2,1-2,4H3/t15-/m0/s1. The van der Waals surface area contributed by atoms with Crippen LogP contribution in [0.4, 0.5) is 14.5 Å². The van der Waals surface area contributed by atoms with E-state index in [0.717, 1.165) is 11.1 Å². The second-order valence-corrected chi connectivity index (χ2v) is 9.15. The zero-order valence-corrected chi connectivity index (χ0v) is 20.6. The third-order valence-corrected chi connectivity index (χ3v) is 6.89. The van der Waals surface area contributed by atoms with Crippen molar-refractivity contribution in [3.05, 3.63) is 69.9 Å². The summed E-state index contributed by atoms with van der Waals surface area (Å²) < 4.78 is 32.1. The molecule has 3 heterocycles. The molecular formula is C25H22ClF2N7O. The molecule has 5 rings (SSSR count). The van der Waals surface area contributed by atoms with Crippen molar-refractivity contribution >= 4 is 34.1 Å². The molecule has 0 bridgehead atoms. The molecule has 1 aliphatic rings. The highest BCUT2D eigenvalue weighted by Crippen LogP contribution is 2.35. The van der Waals surface area contributed by atoms with Crippen molar-refractivity contribution in [1.29, 1.82) is 0 Å². The summed E-state index contributed by atoms with van der Waals surface area (Å²) in [4.78, 5) is 23.0. The highest BCUT2D eigenvalue weighted by molar-refractivity contribution is 6.33. The van der Waals surface area contributed by atoms with Gasteiger partial charge in [-0.05, 0) is 38.6 Å². The predicted molar refractivity (Wildman–Crippen MR) is 133 cm³/mol. The van der Waals surface area contributed by atoms with Crippen molar-refractivity contribution in [2.75, 3.05) is 20.1 Å². The minimum absolute atomic E-state index is 0.128. The van der Waals surface area contributed by atoms with Crippen molar-refractivity contribution in [3.8, 4) is 17.1 Å². The Kier molecular flexibility index (Phi) is 5.98. The van der Waals surface area contributed by atoms with Gasteiger partial charge in [-0.2, -0.15) is 9.49 Å². The summed E-state index contributed by atoms with van der Waals surface area (Å²) in [5.41, 5.74) is 1.64. The minimum Gasteiger partial charge on any atom is -0.336 e. The fourth-order valence-corrected chi connectivity index (χ4v) is 4.85. The number of carbonyl (C=O) groups is 1. The Labute approximate surface area is 210 Å². The van der Waals surface area contributed by atoms with Crippen LogP contribution in [0, 0.1) is 25.3 Å². The maximum absolute atomic E-state index is 14.7. The smallest absolute Gasteiger partial charge is 0.274 e. The summed E-state index contributed by atoms with van der Waals surface area (Å²) in [7, 11) is 3.34. The Bertz CT molecular complexity index is 1570. The Balaban J connectivity index is 1.73. The summed E-state index contributed by atoms with van der Waals surface area (Å²) >= 11 is 6.63. The second kappa shape index (κ2) is 9.00. The number of fused-ring (bicyclic) bond motifs is 1. The van der Waals surface area contributed by atoms with Crippen LogP contribution in [0.1, 0.15) is 22.6 Å². The molecule has 184 valence electrons. The molecule has 36 heavy (non-hydrogen) atoms. The van der Waals surface area contributed by atoms with Gasteiger partial charge in [0.25, 0.3) is 5.91 Å². The number of nitrogens with zero attached hydrogens (tertiary/aromatic N) is 6. The number of nitrogens with one attached hydrogen (secondary N) is 1. The van der Waals surface area contributed by atoms with E-state index in [0.29, 0.717) is 35.6 Å².